The van der Waals surface area contributed by atoms with E-state index in [1.54, 1.807) is 11.9 Å². The van der Waals surface area contributed by atoms with E-state index >= 15 is 0 Å². The molecule has 5 amide bonds. The first-order chi connectivity index (χ1) is 24.3. The normalized spacial score (nSPS) is 27.8. The second-order valence-electron chi connectivity index (χ2n) is 18.7. The first-order valence-electron chi connectivity index (χ1n) is 19.8. The molecule has 5 atom stereocenters. The average molecular weight is 747 g/mol. The number of hydrogen-bond acceptors (Lipinski definition) is 7. The maximum Gasteiger partial charge on any atom is 0.315 e. The lowest BCUT2D eigenvalue weighted by Gasteiger charge is -2.42. The Morgan fingerprint density at radius 3 is 2.12 bits per heavy atom. The first kappa shape index (κ1) is 39.0. The van der Waals surface area contributed by atoms with Gasteiger partial charge in [-0.05, 0) is 80.0 Å². The molecule has 0 unspecified atom stereocenters. The summed E-state index contributed by atoms with van der Waals surface area (Å²) in [7, 11) is -2.02. The summed E-state index contributed by atoms with van der Waals surface area (Å²) in [4.78, 5) is 70.4. The summed E-state index contributed by atoms with van der Waals surface area (Å²) in [5, 5.41) is 11.6. The van der Waals surface area contributed by atoms with Gasteiger partial charge < -0.3 is 26.2 Å². The molecule has 6 aliphatic rings. The maximum absolute atomic E-state index is 14.6. The monoisotopic (exact) mass is 746 g/mol. The van der Waals surface area contributed by atoms with Gasteiger partial charge >= 0.3 is 6.03 Å². The van der Waals surface area contributed by atoms with Gasteiger partial charge in [-0.1, -0.05) is 73.1 Å². The molecule has 292 valence electrons. The van der Waals surface area contributed by atoms with E-state index in [1.807, 2.05) is 20.8 Å². The van der Waals surface area contributed by atoms with Crippen molar-refractivity contribution in [2.75, 3.05) is 19.3 Å². The number of nitrogens with zero attached hydrogens (tertiary/aromatic N) is 2. The van der Waals surface area contributed by atoms with Gasteiger partial charge in [-0.15, -0.1) is 0 Å². The molecule has 14 heteroatoms. The number of likely N-dealkylation sites (tertiary alicyclic amines) is 1. The second-order valence-corrected chi connectivity index (χ2v) is 20.7. The molecule has 6 rings (SSSR count). The van der Waals surface area contributed by atoms with Crippen LogP contribution in [-0.4, -0.2) is 102 Å². The Balaban J connectivity index is 1.17. The number of fused-ring (bicyclic) bond motifs is 1. The first-order valence-corrected chi connectivity index (χ1v) is 21.4. The van der Waals surface area contributed by atoms with E-state index < -0.39 is 68.6 Å². The van der Waals surface area contributed by atoms with Crippen molar-refractivity contribution >= 4 is 39.6 Å². The summed E-state index contributed by atoms with van der Waals surface area (Å²) in [5.74, 6) is -1.91. The van der Waals surface area contributed by atoms with Crippen molar-refractivity contribution in [1.82, 2.24) is 30.5 Å². The maximum atomic E-state index is 14.6. The number of sulfonamides is 1. The predicted octanol–water partition coefficient (Wildman–Crippen LogP) is 3.22. The van der Waals surface area contributed by atoms with Crippen molar-refractivity contribution < 1.29 is 32.4 Å². The van der Waals surface area contributed by atoms with Crippen molar-refractivity contribution in [2.24, 2.45) is 28.6 Å². The number of ketones is 1. The highest BCUT2D eigenvalue weighted by Gasteiger charge is 2.70. The number of urea groups is 1. The SMILES string of the molecule is CN(C1CCC1)S(=O)(=O)CC1(NC(=O)N[C@H](C(=O)N2C[C@H]3[C@@H]([C@H]2C(=O)N[C@@H](CCC2CC2)C(=O)C(=O)NC2CC2)C3(C)C)C(C)(C)C)CCCCC1. The fraction of sp³-hybridized carbons (Fsp3) is 0.868. The molecule has 6 fully saturated rings. The van der Waals surface area contributed by atoms with E-state index in [-0.39, 0.29) is 35.1 Å². The number of Topliss-reactive ketones (excluding diaryl/α,β-unsaturated/α-hetero) is 1. The van der Waals surface area contributed by atoms with Crippen LogP contribution in [0.4, 0.5) is 4.79 Å². The molecule has 0 bridgehead atoms. The molecular weight excluding hydrogens is 685 g/mol. The lowest BCUT2D eigenvalue weighted by atomic mass is 9.83. The molecule has 4 N–H and O–H groups in total. The van der Waals surface area contributed by atoms with Crippen molar-refractivity contribution in [3.8, 4) is 0 Å². The molecule has 1 aliphatic heterocycles. The summed E-state index contributed by atoms with van der Waals surface area (Å²) < 4.78 is 28.6. The minimum absolute atomic E-state index is 0.00403. The summed E-state index contributed by atoms with van der Waals surface area (Å²) in [6, 6.07) is -3.45. The molecule has 13 nitrogen and oxygen atoms in total. The molecule has 0 radical (unpaired) electrons. The van der Waals surface area contributed by atoms with Crippen LogP contribution < -0.4 is 21.3 Å². The smallest absolute Gasteiger partial charge is 0.315 e. The van der Waals surface area contributed by atoms with E-state index in [0.29, 0.717) is 31.7 Å². The number of amides is 5. The Bertz CT molecular complexity index is 1520. The fourth-order valence-electron chi connectivity index (χ4n) is 8.98. The van der Waals surface area contributed by atoms with Gasteiger partial charge in [0.15, 0.2) is 0 Å². The summed E-state index contributed by atoms with van der Waals surface area (Å²) in [5.41, 5.74) is -1.90. The average Bonchev–Trinajstić information content (AvgIpc) is 3.99. The number of piperidine rings is 1. The van der Waals surface area contributed by atoms with Crippen molar-refractivity contribution in [1.29, 1.82) is 0 Å². The number of carbonyl (C=O) groups is 5. The van der Waals surface area contributed by atoms with Crippen LogP contribution >= 0.6 is 0 Å². The highest BCUT2D eigenvalue weighted by molar-refractivity contribution is 7.89. The quantitative estimate of drug-likeness (QED) is 0.186. The minimum atomic E-state index is -3.65. The van der Waals surface area contributed by atoms with Crippen LogP contribution in [0.15, 0.2) is 0 Å². The molecule has 5 aliphatic carbocycles. The van der Waals surface area contributed by atoms with Gasteiger partial charge in [-0.25, -0.2) is 17.5 Å². The van der Waals surface area contributed by atoms with Crippen molar-refractivity contribution in [2.45, 2.75) is 160 Å². The van der Waals surface area contributed by atoms with Crippen LogP contribution in [0.3, 0.4) is 0 Å². The number of rotatable bonds is 15. The summed E-state index contributed by atoms with van der Waals surface area (Å²) >= 11 is 0. The van der Waals surface area contributed by atoms with E-state index in [9.17, 15) is 32.4 Å². The van der Waals surface area contributed by atoms with E-state index in [0.717, 1.165) is 70.6 Å². The van der Waals surface area contributed by atoms with Gasteiger partial charge in [-0.2, -0.15) is 0 Å². The Labute approximate surface area is 309 Å². The number of carbonyl (C=O) groups excluding carboxylic acids is 5. The van der Waals surface area contributed by atoms with E-state index in [4.69, 9.17) is 0 Å². The van der Waals surface area contributed by atoms with E-state index in [2.05, 4.69) is 35.1 Å². The third-order valence-corrected chi connectivity index (χ3v) is 15.2. The van der Waals surface area contributed by atoms with Gasteiger partial charge in [0.25, 0.3) is 5.91 Å². The highest BCUT2D eigenvalue weighted by atomic mass is 32.2. The van der Waals surface area contributed by atoms with Crippen LogP contribution in [0, 0.1) is 28.6 Å². The van der Waals surface area contributed by atoms with E-state index in [1.165, 1.54) is 4.31 Å². The third kappa shape index (κ3) is 8.47. The molecule has 0 aromatic heterocycles. The summed E-state index contributed by atoms with van der Waals surface area (Å²) in [6.07, 6.45) is 11.2. The third-order valence-electron chi connectivity index (χ3n) is 13.2. The molecule has 0 aromatic carbocycles. The molecule has 0 spiro atoms. The van der Waals surface area contributed by atoms with Gasteiger partial charge in [-0.3, -0.25) is 19.2 Å². The zero-order chi connectivity index (χ0) is 37.8. The molecule has 52 heavy (non-hydrogen) atoms. The lowest BCUT2D eigenvalue weighted by Crippen LogP contribution is -2.64. The second kappa shape index (κ2) is 14.5. The van der Waals surface area contributed by atoms with Crippen LogP contribution in [-0.2, 0) is 29.2 Å². The lowest BCUT2D eigenvalue weighted by molar-refractivity contribution is -0.145. The Morgan fingerprint density at radius 1 is 0.904 bits per heavy atom. The zero-order valence-electron chi connectivity index (χ0n) is 32.1. The highest BCUT2D eigenvalue weighted by Crippen LogP contribution is 2.65. The Morgan fingerprint density at radius 2 is 1.56 bits per heavy atom. The van der Waals surface area contributed by atoms with Crippen LogP contribution in [0.2, 0.25) is 0 Å². The standard InChI is InChI=1S/C38H62N6O7S/c1-36(2,3)31(41-35(49)42-38(19-8-7-9-20-38)22-52(50,51)43(6)25-11-10-12-25)34(48)44-21-26-28(37(26,4)5)29(44)32(46)40-27(18-15-23-13-14-23)30(45)33(47)39-24-16-17-24/h23-29,31H,7-22H2,1-6H3,(H,39,47)(H,40,46)(H2,41,42,49)/t26-,27-,28-,29-,31+/m0/s1. The van der Waals surface area contributed by atoms with Crippen LogP contribution in [0.5, 0.6) is 0 Å². The molecule has 1 saturated heterocycles. The van der Waals surface area contributed by atoms with Gasteiger partial charge in [0.1, 0.15) is 12.1 Å². The molecule has 1 heterocycles. The van der Waals surface area contributed by atoms with Crippen LogP contribution in [0.1, 0.15) is 125 Å². The predicted molar refractivity (Wildman–Crippen MR) is 196 cm³/mol. The largest absolute Gasteiger partial charge is 0.347 e. The minimum Gasteiger partial charge on any atom is -0.347 e. The van der Waals surface area contributed by atoms with Gasteiger partial charge in [0.05, 0.1) is 17.3 Å². The molecule has 5 saturated carbocycles. The molecule has 0 aromatic rings. The Kier molecular flexibility index (Phi) is 10.9. The van der Waals surface area contributed by atoms with Crippen molar-refractivity contribution in [3.05, 3.63) is 0 Å². The van der Waals surface area contributed by atoms with Crippen LogP contribution in [0.25, 0.3) is 0 Å². The Hall–Kier alpha value is -2.74. The fourth-order valence-corrected chi connectivity index (χ4v) is 10.9. The summed E-state index contributed by atoms with van der Waals surface area (Å²) in [6.45, 7) is 10.1. The topological polar surface area (TPSA) is 174 Å². The number of nitrogens with one attached hydrogen (secondary N) is 4. The van der Waals surface area contributed by atoms with Gasteiger partial charge in [0.2, 0.25) is 27.6 Å². The van der Waals surface area contributed by atoms with Crippen molar-refractivity contribution in [3.63, 3.8) is 0 Å². The zero-order valence-corrected chi connectivity index (χ0v) is 32.9. The number of hydrogen-bond donors (Lipinski definition) is 4. The van der Waals surface area contributed by atoms with Gasteiger partial charge in [0, 0.05) is 25.7 Å². The molecular formula is C38H62N6O7S.